The normalized spacial score (nSPS) is 18.4. The summed E-state index contributed by atoms with van der Waals surface area (Å²) in [6.07, 6.45) is 14.6. The van der Waals surface area contributed by atoms with Gasteiger partial charge in [-0.1, -0.05) is 44.9 Å². The molecule has 0 unspecified atom stereocenters. The Labute approximate surface area is 263 Å². The van der Waals surface area contributed by atoms with E-state index in [1.165, 1.54) is 52.9 Å². The van der Waals surface area contributed by atoms with Crippen LogP contribution in [0.1, 0.15) is 112 Å². The SMILES string of the molecule is CCCOc1ccc(C2=Cc3nc(C)[nH]c3CCC(C)=C2)cc1CNc1nc(CN2CCCCC2)nc2c1CC(C)(C)CC2. The Morgan fingerprint density at radius 2 is 1.84 bits per heavy atom. The highest BCUT2D eigenvalue weighted by Gasteiger charge is 2.30. The van der Waals surface area contributed by atoms with E-state index in [4.69, 9.17) is 19.7 Å². The first-order valence-corrected chi connectivity index (χ1v) is 16.8. The van der Waals surface area contributed by atoms with Crippen LogP contribution in [-0.2, 0) is 32.4 Å². The summed E-state index contributed by atoms with van der Waals surface area (Å²) in [6.45, 7) is 15.6. The monoisotopic (exact) mass is 594 g/mol. The quantitative estimate of drug-likeness (QED) is 0.263. The van der Waals surface area contributed by atoms with Crippen LogP contribution in [-0.4, -0.2) is 44.5 Å². The van der Waals surface area contributed by atoms with Gasteiger partial charge in [0.25, 0.3) is 0 Å². The molecule has 1 fully saturated rings. The van der Waals surface area contributed by atoms with Gasteiger partial charge in [0.05, 0.1) is 18.8 Å². The van der Waals surface area contributed by atoms with E-state index in [0.717, 1.165) is 92.6 Å². The fourth-order valence-electron chi connectivity index (χ4n) is 6.85. The van der Waals surface area contributed by atoms with Gasteiger partial charge in [0.15, 0.2) is 0 Å². The number of imidazole rings is 1. The molecule has 0 bridgehead atoms. The van der Waals surface area contributed by atoms with Gasteiger partial charge in [0, 0.05) is 29.1 Å². The van der Waals surface area contributed by atoms with Crippen LogP contribution in [0, 0.1) is 12.3 Å². The van der Waals surface area contributed by atoms with Crippen molar-refractivity contribution in [2.45, 2.75) is 105 Å². The first-order valence-electron chi connectivity index (χ1n) is 16.8. The Bertz CT molecular complexity index is 1540. The van der Waals surface area contributed by atoms with Crippen molar-refractivity contribution in [3.05, 3.63) is 75.3 Å². The number of H-pyrrole nitrogens is 1. The summed E-state index contributed by atoms with van der Waals surface area (Å²) in [5.74, 6) is 3.85. The van der Waals surface area contributed by atoms with Crippen molar-refractivity contribution in [1.82, 2.24) is 24.8 Å². The number of hydrogen-bond acceptors (Lipinski definition) is 6. The lowest BCUT2D eigenvalue weighted by molar-refractivity contribution is 0.215. The molecular formula is C37H50N6O. The van der Waals surface area contributed by atoms with Gasteiger partial charge in [-0.3, -0.25) is 4.90 Å². The highest BCUT2D eigenvalue weighted by atomic mass is 16.5. The molecule has 0 atom stereocenters. The molecule has 2 aromatic heterocycles. The van der Waals surface area contributed by atoms with Crippen LogP contribution in [0.4, 0.5) is 5.82 Å². The van der Waals surface area contributed by atoms with Gasteiger partial charge in [0.2, 0.25) is 0 Å². The molecule has 6 rings (SSSR count). The number of aromatic nitrogens is 4. The summed E-state index contributed by atoms with van der Waals surface area (Å²) >= 11 is 0. The molecule has 0 saturated carbocycles. The van der Waals surface area contributed by atoms with E-state index in [1.54, 1.807) is 0 Å². The number of anilines is 1. The zero-order chi connectivity index (χ0) is 30.7. The first-order chi connectivity index (χ1) is 21.3. The molecule has 3 aromatic rings. The Hall–Kier alpha value is -3.45. The van der Waals surface area contributed by atoms with Crippen molar-refractivity contribution >= 4 is 17.5 Å². The fourth-order valence-corrected chi connectivity index (χ4v) is 6.85. The van der Waals surface area contributed by atoms with Gasteiger partial charge >= 0.3 is 0 Å². The number of likely N-dealkylation sites (tertiary alicyclic amines) is 1. The second-order valence-corrected chi connectivity index (χ2v) is 13.9. The van der Waals surface area contributed by atoms with E-state index in [9.17, 15) is 0 Å². The minimum Gasteiger partial charge on any atom is -0.493 e. The van der Waals surface area contributed by atoms with Crippen LogP contribution in [0.15, 0.2) is 29.8 Å². The molecule has 3 aliphatic rings. The molecule has 0 spiro atoms. The number of nitrogens with one attached hydrogen (secondary N) is 2. The van der Waals surface area contributed by atoms with Gasteiger partial charge in [-0.25, -0.2) is 15.0 Å². The average molecular weight is 595 g/mol. The molecule has 7 nitrogen and oxygen atoms in total. The number of nitrogens with zero attached hydrogens (tertiary/aromatic N) is 4. The molecule has 234 valence electrons. The Kier molecular flexibility index (Phi) is 9.22. The Balaban J connectivity index is 1.33. The summed E-state index contributed by atoms with van der Waals surface area (Å²) in [4.78, 5) is 21.1. The highest BCUT2D eigenvalue weighted by Crippen LogP contribution is 2.37. The smallest absolute Gasteiger partial charge is 0.144 e. The number of hydrogen-bond donors (Lipinski definition) is 2. The second-order valence-electron chi connectivity index (χ2n) is 13.9. The lowest BCUT2D eigenvalue weighted by Crippen LogP contribution is -2.31. The zero-order valence-corrected chi connectivity index (χ0v) is 27.5. The van der Waals surface area contributed by atoms with Crippen LogP contribution < -0.4 is 10.1 Å². The number of benzene rings is 1. The summed E-state index contributed by atoms with van der Waals surface area (Å²) < 4.78 is 6.28. The molecule has 1 aromatic carbocycles. The standard InChI is InChI=1S/C37H50N6O/c1-6-18-44-34-13-11-27(28-19-25(2)10-12-32-33(21-28)40-26(3)39-32)20-29(34)23-38-36-30-22-37(4,5)15-14-31(30)41-35(42-36)24-43-16-8-7-9-17-43/h11,13,19-21H,6-10,12,14-18,22-24H2,1-5H3,(H,39,40)(H,38,41,42). The third kappa shape index (κ3) is 7.26. The molecule has 1 saturated heterocycles. The van der Waals surface area contributed by atoms with E-state index >= 15 is 0 Å². The lowest BCUT2D eigenvalue weighted by atomic mass is 9.76. The number of allylic oxidation sites excluding steroid dienone is 3. The Morgan fingerprint density at radius 1 is 1.00 bits per heavy atom. The predicted octanol–water partition coefficient (Wildman–Crippen LogP) is 7.84. The second kappa shape index (κ2) is 13.3. The number of ether oxygens (including phenoxy) is 1. The molecule has 44 heavy (non-hydrogen) atoms. The van der Waals surface area contributed by atoms with Crippen LogP contribution in [0.5, 0.6) is 5.75 Å². The van der Waals surface area contributed by atoms with Crippen LogP contribution in [0.3, 0.4) is 0 Å². The summed E-state index contributed by atoms with van der Waals surface area (Å²) in [7, 11) is 0. The number of piperidine rings is 1. The summed E-state index contributed by atoms with van der Waals surface area (Å²) in [5, 5.41) is 3.80. The van der Waals surface area contributed by atoms with Gasteiger partial charge < -0.3 is 15.0 Å². The molecule has 0 amide bonds. The summed E-state index contributed by atoms with van der Waals surface area (Å²) in [5.41, 5.74) is 9.90. The topological polar surface area (TPSA) is 79.0 Å². The third-order valence-electron chi connectivity index (χ3n) is 9.34. The number of aromatic amines is 1. The number of fused-ring (bicyclic) bond motifs is 2. The molecule has 2 aliphatic carbocycles. The lowest BCUT2D eigenvalue weighted by Gasteiger charge is -2.32. The number of aryl methyl sites for hydroxylation is 3. The van der Waals surface area contributed by atoms with Gasteiger partial charge in [-0.15, -0.1) is 0 Å². The highest BCUT2D eigenvalue weighted by molar-refractivity contribution is 5.88. The minimum absolute atomic E-state index is 0.245. The van der Waals surface area contributed by atoms with Gasteiger partial charge in [0.1, 0.15) is 23.2 Å². The van der Waals surface area contributed by atoms with Crippen molar-refractivity contribution in [3.8, 4) is 5.75 Å². The maximum atomic E-state index is 6.28. The zero-order valence-electron chi connectivity index (χ0n) is 27.5. The van der Waals surface area contributed by atoms with Crippen molar-refractivity contribution in [3.63, 3.8) is 0 Å². The van der Waals surface area contributed by atoms with E-state index in [1.807, 2.05) is 6.92 Å². The van der Waals surface area contributed by atoms with E-state index in [0.29, 0.717) is 13.2 Å². The Morgan fingerprint density at radius 3 is 2.66 bits per heavy atom. The van der Waals surface area contributed by atoms with Gasteiger partial charge in [-0.2, -0.15) is 0 Å². The van der Waals surface area contributed by atoms with E-state index in [2.05, 4.69) is 73.2 Å². The van der Waals surface area contributed by atoms with E-state index < -0.39 is 0 Å². The van der Waals surface area contributed by atoms with E-state index in [-0.39, 0.29) is 5.41 Å². The van der Waals surface area contributed by atoms with Crippen molar-refractivity contribution in [2.24, 2.45) is 5.41 Å². The fraction of sp³-hybridized carbons (Fsp3) is 0.541. The molecule has 3 heterocycles. The van der Waals surface area contributed by atoms with Crippen molar-refractivity contribution in [2.75, 3.05) is 25.0 Å². The molecule has 7 heteroatoms. The molecular weight excluding hydrogens is 544 g/mol. The van der Waals surface area contributed by atoms with Crippen LogP contribution in [0.2, 0.25) is 0 Å². The van der Waals surface area contributed by atoms with Crippen LogP contribution in [0.25, 0.3) is 11.6 Å². The predicted molar refractivity (Wildman–Crippen MR) is 180 cm³/mol. The van der Waals surface area contributed by atoms with Crippen LogP contribution >= 0.6 is 0 Å². The largest absolute Gasteiger partial charge is 0.493 e. The molecule has 1 aliphatic heterocycles. The summed E-state index contributed by atoms with van der Waals surface area (Å²) in [6, 6.07) is 6.62. The first kappa shape index (κ1) is 30.6. The minimum atomic E-state index is 0.245. The number of rotatable bonds is 9. The maximum Gasteiger partial charge on any atom is 0.144 e. The average Bonchev–Trinajstić information content (AvgIpc) is 3.35. The van der Waals surface area contributed by atoms with Crippen molar-refractivity contribution in [1.29, 1.82) is 0 Å². The maximum absolute atomic E-state index is 6.28. The molecule has 0 radical (unpaired) electrons. The van der Waals surface area contributed by atoms with Crippen molar-refractivity contribution < 1.29 is 4.74 Å². The third-order valence-corrected chi connectivity index (χ3v) is 9.34. The van der Waals surface area contributed by atoms with Gasteiger partial charge in [-0.05, 0) is 113 Å². The molecule has 2 N–H and O–H groups in total.